The van der Waals surface area contributed by atoms with Crippen LogP contribution in [0.15, 0.2) is 0 Å². The van der Waals surface area contributed by atoms with Crippen molar-refractivity contribution in [2.75, 3.05) is 26.3 Å². The quantitative estimate of drug-likeness (QED) is 0.143. The summed E-state index contributed by atoms with van der Waals surface area (Å²) in [6.45, 7) is 10.6. The zero-order chi connectivity index (χ0) is 27.2. The molecule has 0 fully saturated rings. The average Bonchev–Trinajstić information content (AvgIpc) is 2.75. The summed E-state index contributed by atoms with van der Waals surface area (Å²) in [6, 6.07) is -1.01. The summed E-state index contributed by atoms with van der Waals surface area (Å²) in [4.78, 5) is 60.1. The van der Waals surface area contributed by atoms with Gasteiger partial charge in [0.05, 0.1) is 29.8 Å². The first-order valence-corrected chi connectivity index (χ1v) is 15.7. The van der Waals surface area contributed by atoms with Crippen LogP contribution in [-0.2, 0) is 42.7 Å². The molecule has 0 aromatic rings. The van der Waals surface area contributed by atoms with Crippen molar-refractivity contribution in [2.24, 2.45) is 0 Å². The molecular formula is C20H36N3O9PS2. The van der Waals surface area contributed by atoms with Crippen LogP contribution < -0.4 is 15.7 Å². The predicted molar refractivity (Wildman–Crippen MR) is 135 cm³/mol. The number of rotatable bonds is 16. The van der Waals surface area contributed by atoms with Crippen LogP contribution >= 0.6 is 28.5 Å². The number of nitrogens with one attached hydrogen (secondary N) is 3. The lowest BCUT2D eigenvalue weighted by atomic mass is 10.4. The van der Waals surface area contributed by atoms with Crippen molar-refractivity contribution in [3.63, 3.8) is 0 Å². The highest BCUT2D eigenvalue weighted by molar-refractivity contribution is 8.90. The van der Waals surface area contributed by atoms with E-state index >= 15 is 0 Å². The number of ether oxygens (including phenoxy) is 3. The summed E-state index contributed by atoms with van der Waals surface area (Å²) in [5, 5.41) is 5.66. The van der Waals surface area contributed by atoms with Crippen LogP contribution in [0.1, 0.15) is 48.5 Å². The van der Waals surface area contributed by atoms with Crippen LogP contribution in [0.3, 0.4) is 0 Å². The van der Waals surface area contributed by atoms with Crippen molar-refractivity contribution < 1.29 is 42.7 Å². The number of hydrogen-bond donors (Lipinski definition) is 3. The molecule has 0 aliphatic carbocycles. The molecule has 0 aliphatic rings. The predicted octanol–water partition coefficient (Wildman–Crippen LogP) is 1.63. The minimum Gasteiger partial charge on any atom is -0.465 e. The van der Waals surface area contributed by atoms with Crippen molar-refractivity contribution in [3.8, 4) is 0 Å². The Bertz CT molecular complexity index is 752. The fourth-order valence-corrected chi connectivity index (χ4v) is 11.5. The normalized spacial score (nSPS) is 15.2. The smallest absolute Gasteiger partial charge is 0.325 e. The van der Waals surface area contributed by atoms with E-state index in [1.54, 1.807) is 27.7 Å². The van der Waals surface area contributed by atoms with Gasteiger partial charge in [0, 0.05) is 0 Å². The van der Waals surface area contributed by atoms with Crippen LogP contribution in [0, 0.1) is 0 Å². The Kier molecular flexibility index (Phi) is 16.0. The second-order valence-corrected chi connectivity index (χ2v) is 15.5. The lowest BCUT2D eigenvalue weighted by Gasteiger charge is -2.26. The molecule has 0 radical (unpaired) electrons. The zero-order valence-corrected chi connectivity index (χ0v) is 23.6. The van der Waals surface area contributed by atoms with Crippen LogP contribution in [-0.4, -0.2) is 78.7 Å². The lowest BCUT2D eigenvalue weighted by Crippen LogP contribution is -2.38. The number of amides is 2. The van der Waals surface area contributed by atoms with E-state index in [1.165, 1.54) is 20.8 Å². The van der Waals surface area contributed by atoms with E-state index in [1.807, 2.05) is 0 Å². The van der Waals surface area contributed by atoms with Crippen molar-refractivity contribution in [1.82, 2.24) is 15.7 Å². The molecule has 0 aromatic heterocycles. The van der Waals surface area contributed by atoms with Crippen LogP contribution in [0.2, 0.25) is 0 Å². The lowest BCUT2D eigenvalue weighted by molar-refractivity contribution is -0.149. The maximum atomic E-state index is 13.8. The van der Waals surface area contributed by atoms with Gasteiger partial charge >= 0.3 is 17.9 Å². The standard InChI is InChI=1S/C20H36N3O9PS2/c1-8-30-16(24)10-21-18(26)14(6)34-33(29,23-13(5)20(28)32-12(3)4)35-15(7)19(27)22-11-17(25)31-9-2/h12-15H,8-11H2,1-7H3,(H,21,26)(H,22,27)(H,23,29)/t13-,14?,15?,33?/m0/s1. The second-order valence-electron chi connectivity index (χ2n) is 7.37. The van der Waals surface area contributed by atoms with Crippen molar-refractivity contribution in [2.45, 2.75) is 71.1 Å². The molecule has 2 unspecified atom stereocenters. The summed E-state index contributed by atoms with van der Waals surface area (Å²) >= 11 is 1.45. The number of hydrogen-bond acceptors (Lipinski definition) is 11. The molecule has 0 rings (SSSR count). The minimum absolute atomic E-state index is 0.162. The first-order chi connectivity index (χ1) is 16.2. The summed E-state index contributed by atoms with van der Waals surface area (Å²) in [5.41, 5.74) is -3.68. The van der Waals surface area contributed by atoms with Crippen LogP contribution in [0.4, 0.5) is 0 Å². The first kappa shape index (κ1) is 33.2. The third-order valence-corrected chi connectivity index (χ3v) is 11.9. The largest absolute Gasteiger partial charge is 0.465 e. The Labute approximate surface area is 214 Å². The van der Waals surface area contributed by atoms with E-state index in [4.69, 9.17) is 14.2 Å². The average molecular weight is 558 g/mol. The Morgan fingerprint density at radius 2 is 1.17 bits per heavy atom. The van der Waals surface area contributed by atoms with Crippen molar-refractivity contribution >= 4 is 58.2 Å². The van der Waals surface area contributed by atoms with Gasteiger partial charge < -0.3 is 24.8 Å². The summed E-state index contributed by atoms with van der Waals surface area (Å²) in [7, 11) is 0. The fourth-order valence-electron chi connectivity index (χ4n) is 2.25. The van der Waals surface area contributed by atoms with Gasteiger partial charge in [-0.25, -0.2) is 5.09 Å². The molecule has 15 heteroatoms. The van der Waals surface area contributed by atoms with Crippen molar-refractivity contribution in [3.05, 3.63) is 0 Å². The van der Waals surface area contributed by atoms with E-state index in [2.05, 4.69) is 15.7 Å². The van der Waals surface area contributed by atoms with E-state index in [0.717, 1.165) is 22.8 Å². The second kappa shape index (κ2) is 16.8. The number of carbonyl (C=O) groups is 5. The fraction of sp³-hybridized carbons (Fsp3) is 0.750. The minimum atomic E-state index is -3.68. The van der Waals surface area contributed by atoms with Gasteiger partial charge in [-0.2, -0.15) is 0 Å². The van der Waals surface area contributed by atoms with Gasteiger partial charge in [-0.3, -0.25) is 28.5 Å². The first-order valence-electron chi connectivity index (χ1n) is 11.1. The molecule has 202 valence electrons. The molecule has 0 aliphatic heterocycles. The van der Waals surface area contributed by atoms with Gasteiger partial charge in [0.1, 0.15) is 19.1 Å². The molecule has 35 heavy (non-hydrogen) atoms. The van der Waals surface area contributed by atoms with E-state index in [9.17, 15) is 28.5 Å². The van der Waals surface area contributed by atoms with Crippen LogP contribution in [0.5, 0.6) is 0 Å². The molecule has 0 bridgehead atoms. The summed E-state index contributed by atoms with van der Waals surface area (Å²) in [5.74, 6) is -3.05. The zero-order valence-electron chi connectivity index (χ0n) is 21.1. The highest BCUT2D eigenvalue weighted by Gasteiger charge is 2.36. The maximum Gasteiger partial charge on any atom is 0.325 e. The Morgan fingerprint density at radius 1 is 0.771 bits per heavy atom. The van der Waals surface area contributed by atoms with Gasteiger partial charge in [-0.1, -0.05) is 22.8 Å². The van der Waals surface area contributed by atoms with Gasteiger partial charge in [0.15, 0.2) is 0 Å². The molecule has 0 heterocycles. The third-order valence-electron chi connectivity index (χ3n) is 3.81. The summed E-state index contributed by atoms with van der Waals surface area (Å²) < 4.78 is 28.4. The SMILES string of the molecule is CCOC(=O)CNC(=O)C(C)SP(=O)(N[C@@H](C)C(=O)OC(C)C)SC(C)C(=O)NCC(=O)OCC. The molecular weight excluding hydrogens is 521 g/mol. The molecule has 12 nitrogen and oxygen atoms in total. The van der Waals surface area contributed by atoms with Gasteiger partial charge in [0.2, 0.25) is 11.8 Å². The Morgan fingerprint density at radius 3 is 1.51 bits per heavy atom. The molecule has 0 saturated carbocycles. The van der Waals surface area contributed by atoms with E-state index in [0.29, 0.717) is 0 Å². The van der Waals surface area contributed by atoms with Gasteiger partial charge in [0.25, 0.3) is 5.70 Å². The number of carbonyl (C=O) groups excluding carboxylic acids is 5. The van der Waals surface area contributed by atoms with E-state index in [-0.39, 0.29) is 26.3 Å². The molecule has 0 spiro atoms. The Hall–Kier alpha value is -1.76. The number of esters is 3. The molecule has 3 atom stereocenters. The highest BCUT2D eigenvalue weighted by atomic mass is 33.1. The Balaban J connectivity index is 5.41. The molecule has 0 aromatic carbocycles. The van der Waals surface area contributed by atoms with E-state index < -0.39 is 58.1 Å². The topological polar surface area (TPSA) is 166 Å². The molecule has 2 amide bonds. The highest BCUT2D eigenvalue weighted by Crippen LogP contribution is 2.68. The molecule has 3 N–H and O–H groups in total. The van der Waals surface area contributed by atoms with Gasteiger partial charge in [-0.05, 0) is 48.5 Å². The van der Waals surface area contributed by atoms with Gasteiger partial charge in [-0.15, -0.1) is 0 Å². The monoisotopic (exact) mass is 557 g/mol. The molecule has 0 saturated heterocycles. The maximum absolute atomic E-state index is 13.8. The van der Waals surface area contributed by atoms with Crippen LogP contribution in [0.25, 0.3) is 0 Å². The van der Waals surface area contributed by atoms with Crippen molar-refractivity contribution in [1.29, 1.82) is 0 Å². The third kappa shape index (κ3) is 14.4. The summed E-state index contributed by atoms with van der Waals surface area (Å²) in [6.07, 6.45) is -0.397.